The Morgan fingerprint density at radius 2 is 2.00 bits per heavy atom. The Bertz CT molecular complexity index is 942. The van der Waals surface area contributed by atoms with Crippen LogP contribution in [0.3, 0.4) is 0 Å². The number of carbonyl (C=O) groups excluding carboxylic acids is 1. The second-order valence-corrected chi connectivity index (χ2v) is 7.04. The Balaban J connectivity index is 1.77. The molecule has 0 radical (unpaired) electrons. The molecule has 0 unspecified atom stereocenters. The van der Waals surface area contributed by atoms with Crippen molar-refractivity contribution in [1.82, 2.24) is 14.3 Å². The standard InChI is InChI=1S/C16H15N3O4S/c1-12-2-4-15(5-3-12)24(21,22)19-7-6-13(10-19)16(20)18-9-14-8-17-11-23-14/h2-8,10-11H,9H2,1H3,(H,18,20). The minimum absolute atomic E-state index is 0.164. The number of oxazole rings is 1. The molecule has 24 heavy (non-hydrogen) atoms. The lowest BCUT2D eigenvalue weighted by Gasteiger charge is -2.06. The first-order valence-corrected chi connectivity index (χ1v) is 8.56. The molecule has 2 heterocycles. The summed E-state index contributed by atoms with van der Waals surface area (Å²) in [5.74, 6) is 0.110. The molecule has 1 amide bonds. The number of aromatic nitrogens is 2. The van der Waals surface area contributed by atoms with Crippen molar-refractivity contribution in [1.29, 1.82) is 0 Å². The summed E-state index contributed by atoms with van der Waals surface area (Å²) in [5, 5.41) is 2.63. The predicted molar refractivity (Wildman–Crippen MR) is 85.9 cm³/mol. The van der Waals surface area contributed by atoms with Gasteiger partial charge in [0.15, 0.2) is 6.39 Å². The van der Waals surface area contributed by atoms with Gasteiger partial charge in [-0.15, -0.1) is 0 Å². The third-order valence-electron chi connectivity index (χ3n) is 3.43. The molecule has 0 spiro atoms. The second kappa shape index (κ2) is 6.32. The number of nitrogens with one attached hydrogen (secondary N) is 1. The summed E-state index contributed by atoms with van der Waals surface area (Å²) in [5.41, 5.74) is 1.21. The number of hydrogen-bond acceptors (Lipinski definition) is 5. The zero-order chi connectivity index (χ0) is 17.2. The van der Waals surface area contributed by atoms with Gasteiger partial charge in [-0.1, -0.05) is 17.7 Å². The predicted octanol–water partition coefficient (Wildman–Crippen LogP) is 1.95. The molecule has 0 fully saturated rings. The zero-order valence-electron chi connectivity index (χ0n) is 12.8. The van der Waals surface area contributed by atoms with Crippen LogP contribution in [0.25, 0.3) is 0 Å². The van der Waals surface area contributed by atoms with Crippen LogP contribution in [-0.4, -0.2) is 23.3 Å². The summed E-state index contributed by atoms with van der Waals surface area (Å²) >= 11 is 0. The zero-order valence-corrected chi connectivity index (χ0v) is 13.7. The fourth-order valence-electron chi connectivity index (χ4n) is 2.09. The van der Waals surface area contributed by atoms with Crippen molar-refractivity contribution >= 4 is 15.9 Å². The molecule has 2 aromatic heterocycles. The maximum atomic E-state index is 12.5. The van der Waals surface area contributed by atoms with E-state index in [1.54, 1.807) is 12.1 Å². The van der Waals surface area contributed by atoms with Gasteiger partial charge in [0.25, 0.3) is 15.9 Å². The highest BCUT2D eigenvalue weighted by atomic mass is 32.2. The quantitative estimate of drug-likeness (QED) is 0.763. The second-order valence-electron chi connectivity index (χ2n) is 5.20. The van der Waals surface area contributed by atoms with E-state index in [4.69, 9.17) is 4.42 Å². The Hall–Kier alpha value is -2.87. The highest BCUT2D eigenvalue weighted by molar-refractivity contribution is 7.90. The van der Waals surface area contributed by atoms with E-state index in [0.717, 1.165) is 9.54 Å². The maximum Gasteiger partial charge on any atom is 0.267 e. The van der Waals surface area contributed by atoms with Crippen molar-refractivity contribution in [3.05, 3.63) is 72.2 Å². The first kappa shape index (κ1) is 16.0. The molecular weight excluding hydrogens is 330 g/mol. The van der Waals surface area contributed by atoms with Gasteiger partial charge >= 0.3 is 0 Å². The number of benzene rings is 1. The molecule has 8 heteroatoms. The molecular formula is C16H15N3O4S. The minimum Gasteiger partial charge on any atom is -0.447 e. The number of hydrogen-bond donors (Lipinski definition) is 1. The van der Waals surface area contributed by atoms with E-state index < -0.39 is 15.9 Å². The molecule has 0 bridgehead atoms. The molecule has 0 saturated carbocycles. The topological polar surface area (TPSA) is 94.2 Å². The fraction of sp³-hybridized carbons (Fsp3) is 0.125. The maximum absolute atomic E-state index is 12.5. The van der Waals surface area contributed by atoms with Gasteiger partial charge in [-0.2, -0.15) is 0 Å². The van der Waals surface area contributed by atoms with Crippen molar-refractivity contribution in [2.24, 2.45) is 0 Å². The summed E-state index contributed by atoms with van der Waals surface area (Å²) in [6, 6.07) is 7.97. The average molecular weight is 345 g/mol. The van der Waals surface area contributed by atoms with Gasteiger partial charge in [-0.3, -0.25) is 4.79 Å². The number of rotatable bonds is 5. The lowest BCUT2D eigenvalue weighted by atomic mass is 10.2. The molecule has 124 valence electrons. The van der Waals surface area contributed by atoms with E-state index >= 15 is 0 Å². The lowest BCUT2D eigenvalue weighted by Crippen LogP contribution is -2.22. The van der Waals surface area contributed by atoms with Crippen LogP contribution in [0.4, 0.5) is 0 Å². The van der Waals surface area contributed by atoms with Crippen LogP contribution in [0.5, 0.6) is 0 Å². The van der Waals surface area contributed by atoms with Gasteiger partial charge in [0.1, 0.15) is 5.76 Å². The summed E-state index contributed by atoms with van der Waals surface area (Å²) < 4.78 is 31.1. The van der Waals surface area contributed by atoms with Crippen LogP contribution >= 0.6 is 0 Å². The van der Waals surface area contributed by atoms with E-state index in [1.807, 2.05) is 6.92 Å². The summed E-state index contributed by atoms with van der Waals surface area (Å²) in [4.78, 5) is 16.0. The molecule has 0 aliphatic rings. The number of nitrogens with zero attached hydrogens (tertiary/aromatic N) is 2. The van der Waals surface area contributed by atoms with E-state index in [9.17, 15) is 13.2 Å². The third kappa shape index (κ3) is 3.23. The highest BCUT2D eigenvalue weighted by Crippen LogP contribution is 2.16. The number of carbonyl (C=O) groups is 1. The molecule has 0 saturated heterocycles. The third-order valence-corrected chi connectivity index (χ3v) is 5.08. The Morgan fingerprint density at radius 3 is 2.67 bits per heavy atom. The number of aryl methyl sites for hydroxylation is 1. The van der Waals surface area contributed by atoms with E-state index in [-0.39, 0.29) is 17.0 Å². The molecule has 7 nitrogen and oxygen atoms in total. The van der Waals surface area contributed by atoms with Gasteiger partial charge in [-0.05, 0) is 25.1 Å². The highest BCUT2D eigenvalue weighted by Gasteiger charge is 2.18. The average Bonchev–Trinajstić information content (AvgIpc) is 3.25. The van der Waals surface area contributed by atoms with Crippen LogP contribution in [-0.2, 0) is 16.6 Å². The van der Waals surface area contributed by atoms with Gasteiger partial charge in [0.05, 0.1) is 23.2 Å². The van der Waals surface area contributed by atoms with Crippen LogP contribution in [0.2, 0.25) is 0 Å². The molecule has 0 aliphatic heterocycles. The smallest absolute Gasteiger partial charge is 0.267 e. The summed E-state index contributed by atoms with van der Waals surface area (Å²) in [6.45, 7) is 2.05. The first-order valence-electron chi connectivity index (χ1n) is 7.12. The molecule has 3 aromatic rings. The molecule has 1 aromatic carbocycles. The van der Waals surface area contributed by atoms with Crippen molar-refractivity contribution in [2.45, 2.75) is 18.4 Å². The van der Waals surface area contributed by atoms with Crippen molar-refractivity contribution in [3.63, 3.8) is 0 Å². The van der Waals surface area contributed by atoms with Crippen LogP contribution in [0.1, 0.15) is 21.7 Å². The van der Waals surface area contributed by atoms with Crippen LogP contribution in [0, 0.1) is 6.92 Å². The fourth-order valence-corrected chi connectivity index (χ4v) is 3.29. The summed E-state index contributed by atoms with van der Waals surface area (Å²) in [6.07, 6.45) is 5.39. The first-order chi connectivity index (χ1) is 11.5. The largest absolute Gasteiger partial charge is 0.447 e. The lowest BCUT2D eigenvalue weighted by molar-refractivity contribution is 0.0948. The van der Waals surface area contributed by atoms with Crippen molar-refractivity contribution in [2.75, 3.05) is 0 Å². The van der Waals surface area contributed by atoms with Crippen molar-refractivity contribution < 1.29 is 17.6 Å². The molecule has 1 N–H and O–H groups in total. The minimum atomic E-state index is -3.72. The molecule has 0 atom stereocenters. The Morgan fingerprint density at radius 1 is 1.25 bits per heavy atom. The van der Waals surface area contributed by atoms with Gasteiger partial charge in [0, 0.05) is 12.4 Å². The van der Waals surface area contributed by atoms with Crippen molar-refractivity contribution in [3.8, 4) is 0 Å². The Labute approximate surface area is 139 Å². The number of amides is 1. The molecule has 3 rings (SSSR count). The van der Waals surface area contributed by atoms with Gasteiger partial charge in [-0.25, -0.2) is 17.4 Å². The van der Waals surface area contributed by atoms with Gasteiger partial charge in [0.2, 0.25) is 0 Å². The molecule has 0 aliphatic carbocycles. The SMILES string of the molecule is Cc1ccc(S(=O)(=O)n2ccc(C(=O)NCc3cnco3)c2)cc1. The summed E-state index contributed by atoms with van der Waals surface area (Å²) in [7, 11) is -3.72. The Kier molecular flexibility index (Phi) is 4.22. The van der Waals surface area contributed by atoms with Crippen LogP contribution < -0.4 is 5.32 Å². The monoisotopic (exact) mass is 345 g/mol. The van der Waals surface area contributed by atoms with E-state index in [1.165, 1.54) is 43.2 Å². The normalized spacial score (nSPS) is 11.4. The van der Waals surface area contributed by atoms with E-state index in [0.29, 0.717) is 5.76 Å². The van der Waals surface area contributed by atoms with E-state index in [2.05, 4.69) is 10.3 Å². The van der Waals surface area contributed by atoms with Crippen LogP contribution in [0.15, 0.2) is 64.6 Å². The van der Waals surface area contributed by atoms with Gasteiger partial charge < -0.3 is 9.73 Å².